The maximum atomic E-state index is 5.19. The lowest BCUT2D eigenvalue weighted by atomic mass is 10.2. The van der Waals surface area contributed by atoms with Crippen molar-refractivity contribution in [1.29, 1.82) is 0 Å². The molecular formula is C4H9B3O2Si. The smallest absolute Gasteiger partial charge is 0.0966 e. The highest BCUT2D eigenvalue weighted by atomic mass is 28.3. The molecule has 0 fully saturated rings. The fourth-order valence-electron chi connectivity index (χ4n) is 0.197. The van der Waals surface area contributed by atoms with E-state index in [0.29, 0.717) is 0 Å². The summed E-state index contributed by atoms with van der Waals surface area (Å²) < 4.78 is 4.57. The molecule has 0 aromatic carbocycles. The summed E-state index contributed by atoms with van der Waals surface area (Å²) in [7, 11) is 12.6. The van der Waals surface area contributed by atoms with Crippen LogP contribution in [0.5, 0.6) is 0 Å². The summed E-state index contributed by atoms with van der Waals surface area (Å²) in [6, 6.07) is 0. The lowest BCUT2D eigenvalue weighted by Gasteiger charge is -2.25. The SMILES string of the molecule is [B][Si]([B])([B])OOC(C)(C)C. The van der Waals surface area contributed by atoms with E-state index >= 15 is 0 Å². The summed E-state index contributed by atoms with van der Waals surface area (Å²) in [5.41, 5.74) is -0.420. The van der Waals surface area contributed by atoms with Crippen LogP contribution < -0.4 is 0 Å². The molecule has 0 aliphatic heterocycles. The van der Waals surface area contributed by atoms with E-state index in [1.54, 1.807) is 0 Å². The Balaban J connectivity index is 3.56. The number of rotatable bonds is 2. The second-order valence-corrected chi connectivity index (χ2v) is 5.01. The van der Waals surface area contributed by atoms with Crippen molar-refractivity contribution < 1.29 is 9.46 Å². The van der Waals surface area contributed by atoms with E-state index in [1.807, 2.05) is 20.8 Å². The Morgan fingerprint density at radius 2 is 1.50 bits per heavy atom. The van der Waals surface area contributed by atoms with Crippen LogP contribution in [0.3, 0.4) is 0 Å². The van der Waals surface area contributed by atoms with Crippen LogP contribution in [0.1, 0.15) is 20.8 Å². The quantitative estimate of drug-likeness (QED) is 0.304. The highest BCUT2D eigenvalue weighted by Crippen LogP contribution is 2.08. The van der Waals surface area contributed by atoms with Crippen molar-refractivity contribution in [2.45, 2.75) is 26.4 Å². The average molecular weight is 150 g/mol. The topological polar surface area (TPSA) is 18.5 Å². The fraction of sp³-hybridized carbons (Fsp3) is 1.00. The van der Waals surface area contributed by atoms with Crippen molar-refractivity contribution in [2.75, 3.05) is 0 Å². The first-order chi connectivity index (χ1) is 4.21. The monoisotopic (exact) mass is 150 g/mol. The van der Waals surface area contributed by atoms with Gasteiger partial charge in [0.25, 0.3) is 0 Å². The van der Waals surface area contributed by atoms with Crippen LogP contribution in [0.15, 0.2) is 0 Å². The molecule has 0 heterocycles. The van der Waals surface area contributed by atoms with Gasteiger partial charge in [-0.15, -0.1) is 0 Å². The maximum absolute atomic E-state index is 5.19. The minimum atomic E-state index is -2.99. The van der Waals surface area contributed by atoms with Gasteiger partial charge in [-0.1, -0.05) is 0 Å². The van der Waals surface area contributed by atoms with Gasteiger partial charge in [0.1, 0.15) is 0 Å². The molecule has 0 aromatic rings. The van der Waals surface area contributed by atoms with Crippen molar-refractivity contribution >= 4 is 30.2 Å². The Morgan fingerprint density at radius 1 is 1.10 bits per heavy atom. The molecule has 0 saturated heterocycles. The molecule has 0 unspecified atom stereocenters. The summed E-state index contributed by atoms with van der Waals surface area (Å²) in [5.74, 6) is 0. The van der Waals surface area contributed by atoms with Crippen LogP contribution in [0.25, 0.3) is 0 Å². The van der Waals surface area contributed by atoms with Gasteiger partial charge >= 0.3 is 0 Å². The van der Waals surface area contributed by atoms with Crippen LogP contribution in [-0.4, -0.2) is 35.8 Å². The van der Waals surface area contributed by atoms with Gasteiger partial charge in [-0.2, -0.15) is 0 Å². The molecule has 0 aliphatic carbocycles. The van der Waals surface area contributed by atoms with Gasteiger partial charge in [-0.3, -0.25) is 0 Å². The van der Waals surface area contributed by atoms with Gasteiger partial charge in [-0.25, -0.2) is 4.89 Å². The summed E-state index contributed by atoms with van der Waals surface area (Å²) in [6.07, 6.45) is 0. The van der Waals surface area contributed by atoms with E-state index in [2.05, 4.69) is 4.58 Å². The summed E-state index contributed by atoms with van der Waals surface area (Å²) in [6.45, 7) is 5.44. The zero-order chi connectivity index (χ0) is 8.41. The van der Waals surface area contributed by atoms with Crippen molar-refractivity contribution in [2.24, 2.45) is 0 Å². The van der Waals surface area contributed by atoms with Crippen LogP contribution >= 0.6 is 0 Å². The van der Waals surface area contributed by atoms with Crippen molar-refractivity contribution in [3.8, 4) is 0 Å². The highest BCUT2D eigenvalue weighted by Gasteiger charge is 2.18. The predicted molar refractivity (Wildman–Crippen MR) is 44.9 cm³/mol. The molecule has 0 atom stereocenters. The molecule has 0 aromatic heterocycles. The van der Waals surface area contributed by atoms with Gasteiger partial charge in [-0.05, 0) is 20.8 Å². The van der Waals surface area contributed by atoms with E-state index in [0.717, 1.165) is 0 Å². The van der Waals surface area contributed by atoms with Crippen molar-refractivity contribution in [1.82, 2.24) is 0 Å². The minimum absolute atomic E-state index is 0.420. The van der Waals surface area contributed by atoms with Gasteiger partial charge in [0.2, 0.25) is 0 Å². The van der Waals surface area contributed by atoms with E-state index in [-0.39, 0.29) is 0 Å². The zero-order valence-corrected chi connectivity index (χ0v) is 7.55. The number of hydrogen-bond acceptors (Lipinski definition) is 2. The van der Waals surface area contributed by atoms with Gasteiger partial charge < -0.3 is 4.58 Å². The van der Waals surface area contributed by atoms with Crippen LogP contribution in [0.4, 0.5) is 0 Å². The maximum Gasteiger partial charge on any atom is 0.0966 e. The molecule has 0 aliphatic rings. The average Bonchev–Trinajstić information content (AvgIpc) is 1.57. The Bertz CT molecular complexity index is 92.1. The molecule has 0 rings (SSSR count). The highest BCUT2D eigenvalue weighted by molar-refractivity contribution is 7.57. The molecule has 6 heteroatoms. The van der Waals surface area contributed by atoms with Crippen LogP contribution in [-0.2, 0) is 9.46 Å². The normalized spacial score (nSPS) is 13.5. The molecule has 2 nitrogen and oxygen atoms in total. The summed E-state index contributed by atoms with van der Waals surface area (Å²) in [5, 5.41) is 0. The molecule has 0 bridgehead atoms. The largest absolute Gasteiger partial charge is 0.315 e. The summed E-state index contributed by atoms with van der Waals surface area (Å²) in [4.78, 5) is 4.78. The standard InChI is InChI=1S/C4H9B3O2Si/c1-4(2,3)8-9-10(5,6)7/h1-3H3. The first-order valence-corrected chi connectivity index (χ1v) is 5.08. The first-order valence-electron chi connectivity index (χ1n) is 2.94. The molecule has 0 saturated carbocycles. The minimum Gasteiger partial charge on any atom is -0.315 e. The third kappa shape index (κ3) is 8.33. The Kier molecular flexibility index (Phi) is 3.26. The van der Waals surface area contributed by atoms with Crippen molar-refractivity contribution in [3.63, 3.8) is 0 Å². The third-order valence-corrected chi connectivity index (χ3v) is 0.808. The van der Waals surface area contributed by atoms with Crippen LogP contribution in [0.2, 0.25) is 0 Å². The lowest BCUT2D eigenvalue weighted by Crippen LogP contribution is -2.44. The van der Waals surface area contributed by atoms with Crippen LogP contribution in [0, 0.1) is 0 Å². The molecule has 6 radical (unpaired) electrons. The Morgan fingerprint density at radius 3 is 1.60 bits per heavy atom. The zero-order valence-electron chi connectivity index (χ0n) is 6.55. The van der Waals surface area contributed by atoms with Gasteiger partial charge in [0, 0.05) is 0 Å². The summed E-state index contributed by atoms with van der Waals surface area (Å²) >= 11 is 0. The number of hydrogen-bond donors (Lipinski definition) is 0. The van der Waals surface area contributed by atoms with E-state index in [1.165, 1.54) is 0 Å². The van der Waals surface area contributed by atoms with Gasteiger partial charge in [0.05, 0.1) is 35.8 Å². The first kappa shape index (κ1) is 10.3. The molecule has 0 spiro atoms. The molecular weight excluding hydrogens is 141 g/mol. The van der Waals surface area contributed by atoms with Gasteiger partial charge in [0.15, 0.2) is 0 Å². The Hall–Kier alpha value is 0.332. The molecule has 0 N–H and O–H groups in total. The third-order valence-electron chi connectivity index (χ3n) is 0.436. The predicted octanol–water partition coefficient (Wildman–Crippen LogP) is -0.326. The van der Waals surface area contributed by atoms with E-state index in [9.17, 15) is 0 Å². The lowest BCUT2D eigenvalue weighted by molar-refractivity contribution is -0.278. The molecule has 0 amide bonds. The van der Waals surface area contributed by atoms with E-state index in [4.69, 9.17) is 27.2 Å². The van der Waals surface area contributed by atoms with Crippen molar-refractivity contribution in [3.05, 3.63) is 0 Å². The molecule has 50 valence electrons. The second kappa shape index (κ2) is 3.15. The molecule has 10 heavy (non-hydrogen) atoms. The van der Waals surface area contributed by atoms with E-state index < -0.39 is 13.5 Å². The Labute approximate surface area is 66.8 Å². The second-order valence-electron chi connectivity index (χ2n) is 3.13. The fourth-order valence-corrected chi connectivity index (χ4v) is 0.592.